The number of carbonyl (C=O) groups is 2. The fourth-order valence-corrected chi connectivity index (χ4v) is 0.808. The van der Waals surface area contributed by atoms with Crippen LogP contribution in [0.1, 0.15) is 0 Å². The summed E-state index contributed by atoms with van der Waals surface area (Å²) in [7, 11) is -2.92. The van der Waals surface area contributed by atoms with Gasteiger partial charge < -0.3 is 15.1 Å². The van der Waals surface area contributed by atoms with Gasteiger partial charge in [-0.3, -0.25) is 16.9 Å². The van der Waals surface area contributed by atoms with Gasteiger partial charge in [0.1, 0.15) is 0 Å². The summed E-state index contributed by atoms with van der Waals surface area (Å²) in [6.07, 6.45) is 2.11. The maximum Gasteiger partial charge on any atom is 1.00 e. The Bertz CT molecular complexity index is 314. The molecule has 0 aromatic carbocycles. The molecule has 0 saturated carbocycles. The maximum absolute atomic E-state index is 10.5. The van der Waals surface area contributed by atoms with Crippen LogP contribution in [-0.2, 0) is 19.2 Å². The van der Waals surface area contributed by atoms with Crippen molar-refractivity contribution in [1.29, 1.82) is 0 Å². The summed E-state index contributed by atoms with van der Waals surface area (Å²) in [5, 5.41) is 23.3. The molecule has 9 nitrogen and oxygen atoms in total. The van der Waals surface area contributed by atoms with Crippen LogP contribution < -0.4 is 169 Å². The van der Waals surface area contributed by atoms with Crippen LogP contribution in [0, 0.1) is 0 Å². The summed E-state index contributed by atoms with van der Waals surface area (Å²) < 4.78 is 5.58. The quantitative estimate of drug-likeness (QED) is 0.149. The van der Waals surface area contributed by atoms with Crippen LogP contribution in [0.15, 0.2) is 8.80 Å². The van der Waals surface area contributed by atoms with E-state index in [0.717, 1.165) is 12.2 Å². The summed E-state index contributed by atoms with van der Waals surface area (Å²) in [6, 6.07) is 0. The van der Waals surface area contributed by atoms with Crippen molar-refractivity contribution in [2.75, 3.05) is 0 Å². The van der Waals surface area contributed by atoms with Crippen molar-refractivity contribution < 1.29 is 188 Å². The predicted octanol–water partition coefficient (Wildman–Crippen LogP) is -12.9. The molecule has 0 amide bonds. The van der Waals surface area contributed by atoms with Crippen molar-refractivity contribution in [3.05, 3.63) is 0 Å². The summed E-state index contributed by atoms with van der Waals surface area (Å²) in [6.45, 7) is 0. The molecule has 0 aromatic heterocycles. The van der Waals surface area contributed by atoms with Gasteiger partial charge >= 0.3 is 154 Å². The molecule has 0 unspecified atom stereocenters. The number of hydrogen-bond acceptors (Lipinski definition) is 11. The Kier molecular flexibility index (Phi) is 47.6. The van der Waals surface area contributed by atoms with Crippen LogP contribution in [-0.4, -0.2) is 29.7 Å². The van der Waals surface area contributed by atoms with Crippen LogP contribution in [0.4, 0.5) is 0 Å². The Balaban J connectivity index is -0.0000000827. The Morgan fingerprint density at radius 3 is 1.21 bits per heavy atom. The van der Waals surface area contributed by atoms with E-state index in [0.29, 0.717) is 0 Å². The van der Waals surface area contributed by atoms with Crippen molar-refractivity contribution in [2.24, 2.45) is 8.80 Å². The van der Waals surface area contributed by atoms with Gasteiger partial charge in [-0.05, 0) is 0 Å². The Hall–Kier alpha value is 3.65. The van der Waals surface area contributed by atoms with E-state index < -0.39 is 17.6 Å². The predicted molar refractivity (Wildman–Crippen MR) is 47.2 cm³/mol. The standard InChI is InChI=1S/C4N2O4S2.BO3.3K/c7-1-5-11-3(9)4(10)12-6-2-8;2-1(3)4;;;/q;-3;3*+1. The molecule has 0 fully saturated rings. The molecule has 19 heavy (non-hydrogen) atoms. The van der Waals surface area contributed by atoms with Crippen molar-refractivity contribution in [3.63, 3.8) is 0 Å². The molecule has 15 heteroatoms. The first kappa shape index (κ1) is 34.1. The zero-order valence-electron chi connectivity index (χ0n) is 10.1. The monoisotopic (exact) mass is 380 g/mol. The molecule has 0 heterocycles. The van der Waals surface area contributed by atoms with E-state index in [1.165, 1.54) is 0 Å². The van der Waals surface area contributed by atoms with Gasteiger partial charge in [0.05, 0.1) is 23.9 Å². The molecule has 0 aliphatic carbocycles. The maximum atomic E-state index is 10.5. The largest absolute Gasteiger partial charge is 1.00 e. The van der Waals surface area contributed by atoms with E-state index in [-0.39, 0.29) is 178 Å². The van der Waals surface area contributed by atoms with Crippen LogP contribution >= 0.6 is 23.9 Å². The second-order valence-electron chi connectivity index (χ2n) is 1.41. The van der Waals surface area contributed by atoms with Gasteiger partial charge in [0.25, 0.3) is 10.2 Å². The normalized spacial score (nSPS) is 6.26. The topological polar surface area (TPSA) is 162 Å². The molecule has 0 N–H and O–H groups in total. The average Bonchev–Trinajstić information content (AvgIpc) is 2.21. The number of hydrogen-bond donors (Lipinski definition) is 0. The zero-order chi connectivity index (χ0) is 13.0. The van der Waals surface area contributed by atoms with Gasteiger partial charge in [0.2, 0.25) is 12.2 Å². The summed E-state index contributed by atoms with van der Waals surface area (Å²) >= 11 is 0.274. The Morgan fingerprint density at radius 2 is 1.05 bits per heavy atom. The van der Waals surface area contributed by atoms with Crippen LogP contribution in [0.25, 0.3) is 0 Å². The number of rotatable bonds is 2. The Labute approximate surface area is 244 Å². The van der Waals surface area contributed by atoms with E-state index in [9.17, 15) is 19.2 Å². The van der Waals surface area contributed by atoms with E-state index in [1.54, 1.807) is 0 Å². The fourth-order valence-electron chi connectivity index (χ4n) is 0.195. The van der Waals surface area contributed by atoms with Crippen LogP contribution in [0.2, 0.25) is 0 Å². The summed E-state index contributed by atoms with van der Waals surface area (Å²) in [4.78, 5) is 40.0. The van der Waals surface area contributed by atoms with Gasteiger partial charge in [-0.15, -0.1) is 8.80 Å². The molecule has 0 atom stereocenters. The van der Waals surface area contributed by atoms with Crippen molar-refractivity contribution in [2.45, 2.75) is 0 Å². The third kappa shape index (κ3) is 34.1. The molecule has 0 aliphatic heterocycles. The third-order valence-electron chi connectivity index (χ3n) is 0.498. The number of carbonyl (C=O) groups excluding carboxylic acids is 4. The molecule has 0 aliphatic rings. The molecule has 0 aromatic rings. The minimum absolute atomic E-state index is 0. The molecule has 0 rings (SSSR count). The van der Waals surface area contributed by atoms with Crippen molar-refractivity contribution in [3.8, 4) is 0 Å². The van der Waals surface area contributed by atoms with Gasteiger partial charge in [0, 0.05) is 0 Å². The minimum Gasteiger partial charge on any atom is -0.907 e. The van der Waals surface area contributed by atoms with E-state index in [2.05, 4.69) is 8.80 Å². The van der Waals surface area contributed by atoms with Gasteiger partial charge in [-0.2, -0.15) is 0 Å². The summed E-state index contributed by atoms with van der Waals surface area (Å²) in [5.41, 5.74) is 0. The molecule has 0 saturated heterocycles. The molecular formula is C4BK3N2O7S2. The molecule has 0 bridgehead atoms. The van der Waals surface area contributed by atoms with Crippen molar-refractivity contribution in [1.82, 2.24) is 0 Å². The summed E-state index contributed by atoms with van der Waals surface area (Å²) in [5.74, 6) is 0. The van der Waals surface area contributed by atoms with Gasteiger partial charge in [-0.25, -0.2) is 9.59 Å². The second-order valence-corrected chi connectivity index (χ2v) is 2.88. The zero-order valence-corrected chi connectivity index (χ0v) is 21.1. The smallest absolute Gasteiger partial charge is 0.907 e. The minimum atomic E-state index is -2.92. The van der Waals surface area contributed by atoms with E-state index in [1.807, 2.05) is 0 Å². The van der Waals surface area contributed by atoms with E-state index in [4.69, 9.17) is 15.1 Å². The van der Waals surface area contributed by atoms with E-state index >= 15 is 0 Å². The fraction of sp³-hybridized carbons (Fsp3) is 0. The Morgan fingerprint density at radius 1 is 0.842 bits per heavy atom. The molecule has 0 radical (unpaired) electrons. The van der Waals surface area contributed by atoms with Crippen LogP contribution in [0.3, 0.4) is 0 Å². The van der Waals surface area contributed by atoms with Gasteiger partial charge in [0.15, 0.2) is 0 Å². The number of nitrogens with zero attached hydrogens (tertiary/aromatic N) is 2. The molecule has 86 valence electrons. The first-order chi connectivity index (χ1) is 7.45. The molecule has 0 spiro atoms. The third-order valence-corrected chi connectivity index (χ3v) is 1.66. The van der Waals surface area contributed by atoms with Crippen molar-refractivity contribution >= 4 is 53.6 Å². The number of isocyanates is 2. The average molecular weight is 380 g/mol. The SMILES string of the molecule is O=C=NSC(=O)C(=O)SN=C=O.[K+].[K+].[K+].[O-]B([O-])[O-]. The first-order valence-electron chi connectivity index (χ1n) is 2.99. The van der Waals surface area contributed by atoms with Crippen LogP contribution in [0.5, 0.6) is 0 Å². The molecular weight excluding hydrogens is 380 g/mol. The first-order valence-corrected chi connectivity index (χ1v) is 4.54. The second kappa shape index (κ2) is 26.5. The van der Waals surface area contributed by atoms with Gasteiger partial charge in [-0.1, -0.05) is 0 Å².